The molecule has 0 aliphatic carbocycles. The van der Waals surface area contributed by atoms with Gasteiger partial charge in [0.25, 0.3) is 5.91 Å². The first kappa shape index (κ1) is 18.7. The molecule has 0 saturated carbocycles. The topological polar surface area (TPSA) is 66.8 Å². The normalized spacial score (nSPS) is 17.2. The molecule has 6 nitrogen and oxygen atoms in total. The van der Waals surface area contributed by atoms with E-state index in [0.717, 1.165) is 16.8 Å². The summed E-state index contributed by atoms with van der Waals surface area (Å²) in [7, 11) is 0. The van der Waals surface area contributed by atoms with E-state index < -0.39 is 29.8 Å². The van der Waals surface area contributed by atoms with Crippen LogP contribution in [-0.2, 0) is 19.3 Å². The third kappa shape index (κ3) is 2.83. The van der Waals surface area contributed by atoms with E-state index in [1.54, 1.807) is 13.8 Å². The molecule has 28 heavy (non-hydrogen) atoms. The molecule has 11 heteroatoms. The lowest BCUT2D eigenvalue weighted by Gasteiger charge is -2.34. The average molecular weight is 416 g/mol. The summed E-state index contributed by atoms with van der Waals surface area (Å²) in [4.78, 5) is 24.6. The number of H-pyrrole nitrogens is 1. The molecule has 0 radical (unpaired) electrons. The molecule has 0 saturated heterocycles. The van der Waals surface area contributed by atoms with Crippen LogP contribution >= 0.6 is 11.6 Å². The van der Waals surface area contributed by atoms with E-state index in [-0.39, 0.29) is 35.1 Å². The lowest BCUT2D eigenvalue weighted by Crippen LogP contribution is -2.45. The Hall–Kier alpha value is -2.62. The quantitative estimate of drug-likeness (QED) is 0.612. The van der Waals surface area contributed by atoms with Gasteiger partial charge in [0.05, 0.1) is 24.0 Å². The van der Waals surface area contributed by atoms with Crippen LogP contribution < -0.4 is 0 Å². The zero-order valence-electron chi connectivity index (χ0n) is 14.7. The maximum Gasteiger partial charge on any atom is 0.449 e. The van der Waals surface area contributed by atoms with E-state index in [1.165, 1.54) is 4.90 Å². The van der Waals surface area contributed by atoms with Gasteiger partial charge in [-0.3, -0.25) is 4.79 Å². The molecule has 2 aromatic heterocycles. The van der Waals surface area contributed by atoms with E-state index in [2.05, 4.69) is 15.0 Å². The number of rotatable bonds is 1. The average Bonchev–Trinajstić information content (AvgIpc) is 3.22. The highest BCUT2D eigenvalue weighted by Gasteiger charge is 2.40. The van der Waals surface area contributed by atoms with Crippen molar-refractivity contribution in [3.8, 4) is 0 Å². The Kier molecular flexibility index (Phi) is 4.14. The Balaban J connectivity index is 1.70. The van der Waals surface area contributed by atoms with Crippen molar-refractivity contribution in [3.63, 3.8) is 0 Å². The SMILES string of the molecule is Cc1c(Cl)cc(F)c2nc(C(=O)N3Cc4cnc(C(F)(F)F)n4CC3C)[nH]c12. The summed E-state index contributed by atoms with van der Waals surface area (Å²) in [6, 6.07) is 0.577. The second kappa shape index (κ2) is 6.20. The van der Waals surface area contributed by atoms with E-state index in [9.17, 15) is 22.4 Å². The van der Waals surface area contributed by atoms with Gasteiger partial charge < -0.3 is 14.5 Å². The molecule has 0 bridgehead atoms. The van der Waals surface area contributed by atoms with Crippen LogP contribution in [0.4, 0.5) is 17.6 Å². The highest BCUT2D eigenvalue weighted by Crippen LogP contribution is 2.32. The number of aryl methyl sites for hydroxylation is 1. The number of nitrogens with one attached hydrogen (secondary N) is 1. The van der Waals surface area contributed by atoms with Gasteiger partial charge in [0, 0.05) is 17.6 Å². The van der Waals surface area contributed by atoms with Gasteiger partial charge >= 0.3 is 6.18 Å². The number of hydrogen-bond acceptors (Lipinski definition) is 3. The van der Waals surface area contributed by atoms with Crippen LogP contribution in [0.5, 0.6) is 0 Å². The number of benzene rings is 1. The molecular formula is C17H14ClF4N5O. The van der Waals surface area contributed by atoms with Crippen molar-refractivity contribution in [3.05, 3.63) is 46.0 Å². The van der Waals surface area contributed by atoms with Crippen LogP contribution in [0, 0.1) is 12.7 Å². The smallest absolute Gasteiger partial charge is 0.333 e. The fourth-order valence-corrected chi connectivity index (χ4v) is 3.58. The molecular weight excluding hydrogens is 402 g/mol. The number of aromatic nitrogens is 4. The Morgan fingerprint density at radius 3 is 2.79 bits per heavy atom. The number of carbonyl (C=O) groups is 1. The van der Waals surface area contributed by atoms with Gasteiger partial charge in [0.15, 0.2) is 11.6 Å². The number of hydrogen-bond donors (Lipinski definition) is 1. The maximum absolute atomic E-state index is 14.1. The second-order valence-electron chi connectivity index (χ2n) is 6.74. The minimum Gasteiger partial charge on any atom is -0.333 e. The van der Waals surface area contributed by atoms with E-state index in [1.807, 2.05) is 0 Å². The Bertz CT molecular complexity index is 1100. The van der Waals surface area contributed by atoms with Crippen molar-refractivity contribution >= 4 is 28.5 Å². The van der Waals surface area contributed by atoms with Crippen molar-refractivity contribution in [1.29, 1.82) is 0 Å². The summed E-state index contributed by atoms with van der Waals surface area (Å²) in [6.07, 6.45) is -3.46. The summed E-state index contributed by atoms with van der Waals surface area (Å²) in [5.41, 5.74) is 1.10. The van der Waals surface area contributed by atoms with Crippen molar-refractivity contribution in [2.45, 2.75) is 39.2 Å². The third-order valence-electron chi connectivity index (χ3n) is 4.88. The molecule has 3 aromatic rings. The standard InChI is InChI=1S/C17H14ClF4N5O/c1-7-5-27-9(4-23-16(27)17(20,21)22)6-26(7)15(28)14-24-12-8(2)10(18)3-11(19)13(12)25-14/h3-4,7H,5-6H2,1-2H3,(H,24,25). The maximum atomic E-state index is 14.1. The largest absolute Gasteiger partial charge is 0.449 e. The van der Waals surface area contributed by atoms with Crippen LogP contribution in [-0.4, -0.2) is 36.4 Å². The van der Waals surface area contributed by atoms with Crippen LogP contribution in [0.25, 0.3) is 11.0 Å². The highest BCUT2D eigenvalue weighted by atomic mass is 35.5. The van der Waals surface area contributed by atoms with Crippen molar-refractivity contribution < 1.29 is 22.4 Å². The predicted molar refractivity (Wildman–Crippen MR) is 92.4 cm³/mol. The summed E-state index contributed by atoms with van der Waals surface area (Å²) >= 11 is 5.96. The Morgan fingerprint density at radius 2 is 2.11 bits per heavy atom. The number of amides is 1. The first-order chi connectivity index (χ1) is 13.1. The first-order valence-electron chi connectivity index (χ1n) is 8.34. The lowest BCUT2D eigenvalue weighted by atomic mass is 10.2. The monoisotopic (exact) mass is 415 g/mol. The molecule has 1 N–H and O–H groups in total. The molecule has 0 spiro atoms. The van der Waals surface area contributed by atoms with Gasteiger partial charge in [-0.1, -0.05) is 11.6 Å². The molecule has 1 aliphatic heterocycles. The van der Waals surface area contributed by atoms with Crippen LogP contribution in [0.3, 0.4) is 0 Å². The molecule has 1 amide bonds. The zero-order chi connectivity index (χ0) is 20.4. The number of fused-ring (bicyclic) bond motifs is 2. The summed E-state index contributed by atoms with van der Waals surface area (Å²) in [5, 5.41) is 0.197. The van der Waals surface area contributed by atoms with Gasteiger partial charge in [0.1, 0.15) is 5.52 Å². The minimum absolute atomic E-state index is 0.0145. The fraction of sp³-hybridized carbons (Fsp3) is 0.353. The minimum atomic E-state index is -4.57. The lowest BCUT2D eigenvalue weighted by molar-refractivity contribution is -0.148. The third-order valence-corrected chi connectivity index (χ3v) is 5.28. The molecule has 1 unspecified atom stereocenters. The summed E-state index contributed by atoms with van der Waals surface area (Å²) < 4.78 is 54.4. The van der Waals surface area contributed by atoms with E-state index in [0.29, 0.717) is 11.1 Å². The number of imidazole rings is 2. The van der Waals surface area contributed by atoms with Crippen molar-refractivity contribution in [1.82, 2.24) is 24.4 Å². The van der Waals surface area contributed by atoms with Gasteiger partial charge in [-0.05, 0) is 25.5 Å². The van der Waals surface area contributed by atoms with Crippen molar-refractivity contribution in [2.24, 2.45) is 0 Å². The molecule has 3 heterocycles. The molecule has 1 atom stereocenters. The predicted octanol–water partition coefficient (Wildman–Crippen LogP) is 3.92. The van der Waals surface area contributed by atoms with Crippen LogP contribution in [0.1, 0.15) is 34.6 Å². The van der Waals surface area contributed by atoms with Gasteiger partial charge in [-0.2, -0.15) is 13.2 Å². The van der Waals surface area contributed by atoms with Crippen LogP contribution in [0.2, 0.25) is 5.02 Å². The van der Waals surface area contributed by atoms with Gasteiger partial charge in [0.2, 0.25) is 5.82 Å². The van der Waals surface area contributed by atoms with Gasteiger partial charge in [-0.15, -0.1) is 0 Å². The molecule has 4 rings (SSSR count). The van der Waals surface area contributed by atoms with E-state index >= 15 is 0 Å². The molecule has 148 valence electrons. The Morgan fingerprint density at radius 1 is 1.39 bits per heavy atom. The summed E-state index contributed by atoms with van der Waals surface area (Å²) in [6.45, 7) is 3.17. The number of halogens is 5. The molecule has 1 aromatic carbocycles. The highest BCUT2D eigenvalue weighted by molar-refractivity contribution is 6.32. The number of aromatic amines is 1. The van der Waals surface area contributed by atoms with Crippen LogP contribution in [0.15, 0.2) is 12.3 Å². The zero-order valence-corrected chi connectivity index (χ0v) is 15.5. The van der Waals surface area contributed by atoms with Gasteiger partial charge in [-0.25, -0.2) is 14.4 Å². The molecule has 0 fully saturated rings. The Labute approximate surface area is 161 Å². The fourth-order valence-electron chi connectivity index (χ4n) is 3.39. The number of alkyl halides is 3. The van der Waals surface area contributed by atoms with Crippen molar-refractivity contribution in [2.75, 3.05) is 0 Å². The number of nitrogens with zero attached hydrogens (tertiary/aromatic N) is 4. The second-order valence-corrected chi connectivity index (χ2v) is 7.15. The molecule has 1 aliphatic rings. The number of carbonyl (C=O) groups excluding carboxylic acids is 1. The van der Waals surface area contributed by atoms with E-state index in [4.69, 9.17) is 11.6 Å². The first-order valence-corrected chi connectivity index (χ1v) is 8.72. The summed E-state index contributed by atoms with van der Waals surface area (Å²) in [5.74, 6) is -2.30.